The van der Waals surface area contributed by atoms with Crippen molar-refractivity contribution in [3.63, 3.8) is 0 Å². The van der Waals surface area contributed by atoms with E-state index in [2.05, 4.69) is 10.6 Å². The van der Waals surface area contributed by atoms with Gasteiger partial charge in [-0.1, -0.05) is 12.8 Å². The highest BCUT2D eigenvalue weighted by Gasteiger charge is 2.25. The SMILES string of the molecule is CCNC(=O)NC(=O)CN1CCN(C(=O)CC2CCCC2)CC1. The predicted octanol–water partition coefficient (Wildman–Crippen LogP) is 0.557. The lowest BCUT2D eigenvalue weighted by molar-refractivity contribution is -0.134. The number of nitrogens with one attached hydrogen (secondary N) is 2. The molecular weight excluding hydrogens is 296 g/mol. The Bertz CT molecular complexity index is 427. The number of hydrogen-bond acceptors (Lipinski definition) is 4. The molecule has 2 aliphatic rings. The van der Waals surface area contributed by atoms with E-state index in [1.807, 2.05) is 9.80 Å². The Kier molecular flexibility index (Phi) is 6.83. The van der Waals surface area contributed by atoms with Gasteiger partial charge in [0.05, 0.1) is 6.54 Å². The first kappa shape index (κ1) is 17.7. The zero-order valence-corrected chi connectivity index (χ0v) is 14.0. The molecule has 0 radical (unpaired) electrons. The van der Waals surface area contributed by atoms with Gasteiger partial charge in [0.1, 0.15) is 0 Å². The molecule has 0 aromatic heterocycles. The van der Waals surface area contributed by atoms with Crippen molar-refractivity contribution >= 4 is 17.8 Å². The second-order valence-electron chi connectivity index (χ2n) is 6.42. The van der Waals surface area contributed by atoms with E-state index in [0.29, 0.717) is 45.1 Å². The minimum absolute atomic E-state index is 0.196. The van der Waals surface area contributed by atoms with Gasteiger partial charge < -0.3 is 10.2 Å². The Morgan fingerprint density at radius 2 is 1.70 bits per heavy atom. The fourth-order valence-corrected chi connectivity index (χ4v) is 3.32. The summed E-state index contributed by atoms with van der Waals surface area (Å²) in [4.78, 5) is 39.2. The Morgan fingerprint density at radius 1 is 1.04 bits per heavy atom. The van der Waals surface area contributed by atoms with E-state index in [1.165, 1.54) is 25.7 Å². The highest BCUT2D eigenvalue weighted by atomic mass is 16.2. The number of urea groups is 1. The van der Waals surface area contributed by atoms with Crippen molar-refractivity contribution in [1.29, 1.82) is 0 Å². The van der Waals surface area contributed by atoms with Crippen LogP contribution in [0, 0.1) is 5.92 Å². The van der Waals surface area contributed by atoms with Crippen LogP contribution in [0.3, 0.4) is 0 Å². The van der Waals surface area contributed by atoms with E-state index in [9.17, 15) is 14.4 Å². The number of hydrogen-bond donors (Lipinski definition) is 2. The summed E-state index contributed by atoms with van der Waals surface area (Å²) in [6.07, 6.45) is 5.56. The van der Waals surface area contributed by atoms with E-state index in [-0.39, 0.29) is 18.4 Å². The molecule has 0 unspecified atom stereocenters. The summed E-state index contributed by atoms with van der Waals surface area (Å²) in [5, 5.41) is 4.83. The zero-order chi connectivity index (χ0) is 16.7. The molecule has 0 aromatic rings. The molecule has 1 saturated carbocycles. The first-order valence-electron chi connectivity index (χ1n) is 8.66. The maximum absolute atomic E-state index is 12.3. The monoisotopic (exact) mass is 324 g/mol. The molecular formula is C16H28N4O3. The molecule has 23 heavy (non-hydrogen) atoms. The molecule has 2 rings (SSSR count). The minimum Gasteiger partial charge on any atom is -0.340 e. The maximum Gasteiger partial charge on any atom is 0.321 e. The summed E-state index contributed by atoms with van der Waals surface area (Å²) in [6.45, 7) is 5.17. The fourth-order valence-electron chi connectivity index (χ4n) is 3.32. The minimum atomic E-state index is -0.456. The third-order valence-electron chi connectivity index (χ3n) is 4.62. The van der Waals surface area contributed by atoms with Crippen molar-refractivity contribution in [2.75, 3.05) is 39.3 Å². The van der Waals surface area contributed by atoms with Crippen molar-refractivity contribution in [2.24, 2.45) is 5.92 Å². The number of rotatable bonds is 5. The van der Waals surface area contributed by atoms with Crippen molar-refractivity contribution in [1.82, 2.24) is 20.4 Å². The lowest BCUT2D eigenvalue weighted by Gasteiger charge is -2.34. The molecule has 1 heterocycles. The molecule has 2 fully saturated rings. The predicted molar refractivity (Wildman–Crippen MR) is 86.8 cm³/mol. The van der Waals surface area contributed by atoms with Gasteiger partial charge in [-0.05, 0) is 25.7 Å². The largest absolute Gasteiger partial charge is 0.340 e. The van der Waals surface area contributed by atoms with Crippen molar-refractivity contribution in [3.8, 4) is 0 Å². The van der Waals surface area contributed by atoms with Gasteiger partial charge >= 0.3 is 6.03 Å². The van der Waals surface area contributed by atoms with Crippen molar-refractivity contribution < 1.29 is 14.4 Å². The molecule has 130 valence electrons. The second kappa shape index (κ2) is 8.86. The van der Waals surface area contributed by atoms with Crippen LogP contribution in [0.5, 0.6) is 0 Å². The molecule has 7 heteroatoms. The average Bonchev–Trinajstić information content (AvgIpc) is 3.00. The number of piperazine rings is 1. The number of amides is 4. The van der Waals surface area contributed by atoms with Crippen LogP contribution in [0.4, 0.5) is 4.79 Å². The quantitative estimate of drug-likeness (QED) is 0.774. The molecule has 4 amide bonds. The normalized spacial score (nSPS) is 19.6. The molecule has 7 nitrogen and oxygen atoms in total. The molecule has 0 aromatic carbocycles. The van der Waals surface area contributed by atoms with Crippen LogP contribution in [-0.4, -0.2) is 66.9 Å². The third kappa shape index (κ3) is 5.82. The molecule has 0 bridgehead atoms. The summed E-state index contributed by atoms with van der Waals surface area (Å²) >= 11 is 0. The number of carbonyl (C=O) groups is 3. The Hall–Kier alpha value is -1.63. The standard InChI is InChI=1S/C16H28N4O3/c1-2-17-16(23)18-14(21)12-19-7-9-20(10-8-19)15(22)11-13-5-3-4-6-13/h13H,2-12H2,1H3,(H2,17,18,21,23). The summed E-state index contributed by atoms with van der Waals surface area (Å²) in [7, 11) is 0. The molecule has 2 N–H and O–H groups in total. The molecule has 1 aliphatic carbocycles. The van der Waals surface area contributed by atoms with Crippen LogP contribution in [0.15, 0.2) is 0 Å². The van der Waals surface area contributed by atoms with Crippen LogP contribution in [0.2, 0.25) is 0 Å². The third-order valence-corrected chi connectivity index (χ3v) is 4.62. The van der Waals surface area contributed by atoms with E-state index in [1.54, 1.807) is 6.92 Å². The van der Waals surface area contributed by atoms with Gasteiger partial charge in [0.25, 0.3) is 0 Å². The van der Waals surface area contributed by atoms with Gasteiger partial charge in [-0.15, -0.1) is 0 Å². The number of imide groups is 1. The Balaban J connectivity index is 1.65. The summed E-state index contributed by atoms with van der Waals surface area (Å²) < 4.78 is 0. The van der Waals surface area contributed by atoms with Crippen molar-refractivity contribution in [2.45, 2.75) is 39.0 Å². The maximum atomic E-state index is 12.3. The number of carbonyl (C=O) groups excluding carboxylic acids is 3. The van der Waals surface area contributed by atoms with Crippen LogP contribution in [0.25, 0.3) is 0 Å². The topological polar surface area (TPSA) is 81.8 Å². The average molecular weight is 324 g/mol. The lowest BCUT2D eigenvalue weighted by atomic mass is 10.0. The van der Waals surface area contributed by atoms with E-state index in [4.69, 9.17) is 0 Å². The van der Waals surface area contributed by atoms with Gasteiger partial charge in [-0.3, -0.25) is 19.8 Å². The first-order valence-corrected chi connectivity index (χ1v) is 8.66. The summed E-state index contributed by atoms with van der Waals surface area (Å²) in [5.74, 6) is 0.522. The van der Waals surface area contributed by atoms with Gasteiger partial charge in [0.2, 0.25) is 11.8 Å². The number of nitrogens with zero attached hydrogens (tertiary/aromatic N) is 2. The summed E-state index contributed by atoms with van der Waals surface area (Å²) in [5.41, 5.74) is 0. The van der Waals surface area contributed by atoms with Crippen LogP contribution < -0.4 is 10.6 Å². The van der Waals surface area contributed by atoms with Gasteiger partial charge in [0, 0.05) is 39.1 Å². The molecule has 1 aliphatic heterocycles. The highest BCUT2D eigenvalue weighted by molar-refractivity contribution is 5.95. The van der Waals surface area contributed by atoms with Gasteiger partial charge in [-0.25, -0.2) is 4.79 Å². The van der Waals surface area contributed by atoms with E-state index < -0.39 is 6.03 Å². The van der Waals surface area contributed by atoms with Crippen LogP contribution >= 0.6 is 0 Å². The summed E-state index contributed by atoms with van der Waals surface area (Å²) in [6, 6.07) is -0.456. The highest BCUT2D eigenvalue weighted by Crippen LogP contribution is 2.28. The lowest BCUT2D eigenvalue weighted by Crippen LogP contribution is -2.52. The fraction of sp³-hybridized carbons (Fsp3) is 0.812. The zero-order valence-electron chi connectivity index (χ0n) is 14.0. The van der Waals surface area contributed by atoms with Crippen molar-refractivity contribution in [3.05, 3.63) is 0 Å². The van der Waals surface area contributed by atoms with Crippen LogP contribution in [0.1, 0.15) is 39.0 Å². The Labute approximate surface area is 137 Å². The first-order chi connectivity index (χ1) is 11.1. The Morgan fingerprint density at radius 3 is 2.30 bits per heavy atom. The molecule has 0 atom stereocenters. The second-order valence-corrected chi connectivity index (χ2v) is 6.42. The molecule has 0 spiro atoms. The van der Waals surface area contributed by atoms with E-state index in [0.717, 1.165) is 0 Å². The smallest absolute Gasteiger partial charge is 0.321 e. The van der Waals surface area contributed by atoms with Crippen LogP contribution in [-0.2, 0) is 9.59 Å². The van der Waals surface area contributed by atoms with Gasteiger partial charge in [0.15, 0.2) is 0 Å². The van der Waals surface area contributed by atoms with E-state index >= 15 is 0 Å². The van der Waals surface area contributed by atoms with Gasteiger partial charge in [-0.2, -0.15) is 0 Å². The molecule has 1 saturated heterocycles.